The number of carbonyl (C=O) groups excluding carboxylic acids is 1. The standard InChI is InChI=1S/C13H22N2O4/c1-8(2)10-4-3-5-14(10)13(19)15-7-9(16)6-11(15)12(17)18/h8-11,16H,3-7H2,1-2H3,(H,17,18)/t9?,10?,11-/m0/s1. The molecule has 2 rings (SSSR count). The Hall–Kier alpha value is -1.30. The van der Waals surface area contributed by atoms with E-state index in [9.17, 15) is 14.7 Å². The van der Waals surface area contributed by atoms with Crippen molar-refractivity contribution in [3.63, 3.8) is 0 Å². The fourth-order valence-electron chi connectivity index (χ4n) is 3.15. The SMILES string of the molecule is CC(C)C1CCCN1C(=O)N1CC(O)C[C@H]1C(=O)O. The van der Waals surface area contributed by atoms with Gasteiger partial charge in [-0.05, 0) is 18.8 Å². The van der Waals surface area contributed by atoms with Gasteiger partial charge in [-0.15, -0.1) is 0 Å². The van der Waals surface area contributed by atoms with Crippen molar-refractivity contribution in [3.8, 4) is 0 Å². The second kappa shape index (κ2) is 5.36. The molecule has 0 bridgehead atoms. The Morgan fingerprint density at radius 2 is 1.95 bits per heavy atom. The van der Waals surface area contributed by atoms with Crippen molar-refractivity contribution in [2.24, 2.45) is 5.92 Å². The Morgan fingerprint density at radius 3 is 2.53 bits per heavy atom. The predicted octanol–water partition coefficient (Wildman–Crippen LogP) is 0.747. The molecule has 2 unspecified atom stereocenters. The van der Waals surface area contributed by atoms with E-state index < -0.39 is 18.1 Å². The van der Waals surface area contributed by atoms with Crippen LogP contribution in [0.3, 0.4) is 0 Å². The van der Waals surface area contributed by atoms with E-state index in [2.05, 4.69) is 13.8 Å². The van der Waals surface area contributed by atoms with E-state index in [-0.39, 0.29) is 25.0 Å². The highest BCUT2D eigenvalue weighted by atomic mass is 16.4. The van der Waals surface area contributed by atoms with Crippen LogP contribution in [0.4, 0.5) is 4.79 Å². The first-order chi connectivity index (χ1) is 8.91. The highest BCUT2D eigenvalue weighted by Gasteiger charge is 2.43. The summed E-state index contributed by atoms with van der Waals surface area (Å²) in [4.78, 5) is 26.8. The molecule has 19 heavy (non-hydrogen) atoms. The number of carbonyl (C=O) groups is 2. The molecule has 0 spiro atoms. The van der Waals surface area contributed by atoms with Crippen LogP contribution in [0.1, 0.15) is 33.1 Å². The van der Waals surface area contributed by atoms with Gasteiger partial charge in [0.05, 0.1) is 6.10 Å². The summed E-state index contributed by atoms with van der Waals surface area (Å²) >= 11 is 0. The zero-order valence-corrected chi connectivity index (χ0v) is 11.5. The number of aliphatic hydroxyl groups is 1. The first-order valence-corrected chi connectivity index (χ1v) is 6.90. The summed E-state index contributed by atoms with van der Waals surface area (Å²) < 4.78 is 0. The van der Waals surface area contributed by atoms with Crippen LogP contribution in [-0.4, -0.2) is 63.3 Å². The fourth-order valence-corrected chi connectivity index (χ4v) is 3.15. The number of carboxylic acids is 1. The van der Waals surface area contributed by atoms with Gasteiger partial charge in [0.2, 0.25) is 0 Å². The zero-order chi connectivity index (χ0) is 14.2. The number of likely N-dealkylation sites (tertiary alicyclic amines) is 2. The molecule has 2 aliphatic heterocycles. The average molecular weight is 270 g/mol. The number of hydrogen-bond donors (Lipinski definition) is 2. The van der Waals surface area contributed by atoms with Gasteiger partial charge in [0.1, 0.15) is 6.04 Å². The topological polar surface area (TPSA) is 81.1 Å². The molecule has 0 aromatic rings. The number of nitrogens with zero attached hydrogens (tertiary/aromatic N) is 2. The van der Waals surface area contributed by atoms with Crippen molar-refractivity contribution in [1.82, 2.24) is 9.80 Å². The van der Waals surface area contributed by atoms with Crippen LogP contribution in [0, 0.1) is 5.92 Å². The number of aliphatic hydroxyl groups excluding tert-OH is 1. The number of amides is 2. The number of carboxylic acid groups (broad SMARTS) is 1. The largest absolute Gasteiger partial charge is 0.480 e. The summed E-state index contributed by atoms with van der Waals surface area (Å²) in [6.07, 6.45) is 1.33. The molecule has 6 nitrogen and oxygen atoms in total. The summed E-state index contributed by atoms with van der Waals surface area (Å²) in [5, 5.41) is 18.8. The summed E-state index contributed by atoms with van der Waals surface area (Å²) in [5.41, 5.74) is 0. The molecule has 108 valence electrons. The number of rotatable bonds is 2. The van der Waals surface area contributed by atoms with Crippen molar-refractivity contribution in [1.29, 1.82) is 0 Å². The van der Waals surface area contributed by atoms with Gasteiger partial charge < -0.3 is 20.0 Å². The second-order valence-electron chi connectivity index (χ2n) is 5.83. The third-order valence-corrected chi connectivity index (χ3v) is 4.12. The van der Waals surface area contributed by atoms with Crippen molar-refractivity contribution < 1.29 is 19.8 Å². The Kier molecular flexibility index (Phi) is 3.99. The summed E-state index contributed by atoms with van der Waals surface area (Å²) in [6.45, 7) is 4.95. The predicted molar refractivity (Wildman–Crippen MR) is 68.7 cm³/mol. The molecule has 2 amide bonds. The Labute approximate surface area is 113 Å². The lowest BCUT2D eigenvalue weighted by Gasteiger charge is -2.33. The average Bonchev–Trinajstić information content (AvgIpc) is 2.93. The molecule has 3 atom stereocenters. The number of aliphatic carboxylic acids is 1. The van der Waals surface area contributed by atoms with Crippen LogP contribution in [0.2, 0.25) is 0 Å². The molecule has 2 saturated heterocycles. The smallest absolute Gasteiger partial charge is 0.326 e. The van der Waals surface area contributed by atoms with Gasteiger partial charge in [-0.2, -0.15) is 0 Å². The van der Waals surface area contributed by atoms with E-state index in [0.717, 1.165) is 12.8 Å². The minimum absolute atomic E-state index is 0.122. The lowest BCUT2D eigenvalue weighted by molar-refractivity contribution is -0.141. The van der Waals surface area contributed by atoms with Crippen LogP contribution >= 0.6 is 0 Å². The number of β-amino-alcohol motifs (C(OH)–C–C–N with tert-alkyl or cyclic N) is 1. The third kappa shape index (κ3) is 2.68. The van der Waals surface area contributed by atoms with Crippen LogP contribution in [-0.2, 0) is 4.79 Å². The minimum atomic E-state index is -1.04. The Bertz CT molecular complexity index is 372. The van der Waals surface area contributed by atoms with Gasteiger partial charge >= 0.3 is 12.0 Å². The van der Waals surface area contributed by atoms with Crippen molar-refractivity contribution in [2.45, 2.75) is 51.3 Å². The van der Waals surface area contributed by atoms with Gasteiger partial charge in [0.15, 0.2) is 0 Å². The molecule has 2 heterocycles. The molecule has 2 fully saturated rings. The fraction of sp³-hybridized carbons (Fsp3) is 0.846. The van der Waals surface area contributed by atoms with Gasteiger partial charge in [-0.25, -0.2) is 9.59 Å². The molecule has 2 N–H and O–H groups in total. The maximum absolute atomic E-state index is 12.5. The highest BCUT2D eigenvalue weighted by Crippen LogP contribution is 2.28. The molecule has 0 aromatic carbocycles. The maximum atomic E-state index is 12.5. The van der Waals surface area contributed by atoms with E-state index >= 15 is 0 Å². The molecular weight excluding hydrogens is 248 g/mol. The van der Waals surface area contributed by atoms with Gasteiger partial charge in [0.25, 0.3) is 0 Å². The molecule has 6 heteroatoms. The van der Waals surface area contributed by atoms with E-state index in [4.69, 9.17) is 5.11 Å². The lowest BCUT2D eigenvalue weighted by atomic mass is 10.0. The van der Waals surface area contributed by atoms with Crippen molar-refractivity contribution in [2.75, 3.05) is 13.1 Å². The van der Waals surface area contributed by atoms with E-state index in [1.54, 1.807) is 4.90 Å². The number of urea groups is 1. The van der Waals surface area contributed by atoms with E-state index in [1.807, 2.05) is 0 Å². The third-order valence-electron chi connectivity index (χ3n) is 4.12. The van der Waals surface area contributed by atoms with Gasteiger partial charge in [0, 0.05) is 25.6 Å². The normalized spacial score (nSPS) is 31.3. The summed E-state index contributed by atoms with van der Waals surface area (Å²) in [7, 11) is 0. The quantitative estimate of drug-likeness (QED) is 0.775. The zero-order valence-electron chi connectivity index (χ0n) is 11.5. The maximum Gasteiger partial charge on any atom is 0.326 e. The first kappa shape index (κ1) is 14.1. The van der Waals surface area contributed by atoms with Crippen LogP contribution in [0.5, 0.6) is 0 Å². The summed E-state index contributed by atoms with van der Waals surface area (Å²) in [6, 6.07) is -0.948. The second-order valence-corrected chi connectivity index (χ2v) is 5.83. The lowest BCUT2D eigenvalue weighted by Crippen LogP contribution is -2.50. The Balaban J connectivity index is 2.12. The molecule has 2 aliphatic rings. The molecule has 0 radical (unpaired) electrons. The van der Waals surface area contributed by atoms with Gasteiger partial charge in [-0.3, -0.25) is 0 Å². The highest BCUT2D eigenvalue weighted by molar-refractivity contribution is 5.83. The molecule has 0 saturated carbocycles. The monoisotopic (exact) mass is 270 g/mol. The van der Waals surface area contributed by atoms with Crippen molar-refractivity contribution in [3.05, 3.63) is 0 Å². The number of hydrogen-bond acceptors (Lipinski definition) is 3. The molecular formula is C13H22N2O4. The van der Waals surface area contributed by atoms with Crippen LogP contribution in [0.15, 0.2) is 0 Å². The Morgan fingerprint density at radius 1 is 1.26 bits per heavy atom. The summed E-state index contributed by atoms with van der Waals surface area (Å²) in [5.74, 6) is -0.674. The minimum Gasteiger partial charge on any atom is -0.480 e. The van der Waals surface area contributed by atoms with Crippen LogP contribution < -0.4 is 0 Å². The molecule has 0 aliphatic carbocycles. The van der Waals surface area contributed by atoms with E-state index in [0.29, 0.717) is 12.5 Å². The van der Waals surface area contributed by atoms with Crippen molar-refractivity contribution >= 4 is 12.0 Å². The molecule has 0 aromatic heterocycles. The van der Waals surface area contributed by atoms with Crippen LogP contribution in [0.25, 0.3) is 0 Å². The van der Waals surface area contributed by atoms with Gasteiger partial charge in [-0.1, -0.05) is 13.8 Å². The van der Waals surface area contributed by atoms with E-state index in [1.165, 1.54) is 4.90 Å². The first-order valence-electron chi connectivity index (χ1n) is 6.90.